The fraction of sp³-hybridized carbons (Fsp3) is 0.859. The molecule has 0 saturated heterocycles. The largest absolute Gasteiger partial charge is 0.394 e. The predicted molar refractivity (Wildman–Crippen MR) is 368 cm³/mol. The third-order valence-electron chi connectivity index (χ3n) is 17.5. The van der Waals surface area contributed by atoms with Crippen molar-refractivity contribution in [2.24, 2.45) is 0 Å². The first-order valence-electron chi connectivity index (χ1n) is 37.5. The van der Waals surface area contributed by atoms with Gasteiger partial charge in [0.25, 0.3) is 0 Å². The van der Waals surface area contributed by atoms with Gasteiger partial charge in [0.2, 0.25) is 5.91 Å². The van der Waals surface area contributed by atoms with Crippen molar-refractivity contribution in [1.29, 1.82) is 0 Å². The Balaban J connectivity index is 3.38. The Morgan fingerprint density at radius 1 is 0.305 bits per heavy atom. The summed E-state index contributed by atoms with van der Waals surface area (Å²) in [5, 5.41) is 23.5. The summed E-state index contributed by atoms with van der Waals surface area (Å²) in [4.78, 5) is 12.6. The summed E-state index contributed by atoms with van der Waals surface area (Å²) in [7, 11) is 0. The smallest absolute Gasteiger partial charge is 0.220 e. The summed E-state index contributed by atoms with van der Waals surface area (Å²) in [5.74, 6) is -0.0227. The van der Waals surface area contributed by atoms with Crippen molar-refractivity contribution < 1.29 is 15.0 Å². The van der Waals surface area contributed by atoms with E-state index in [-0.39, 0.29) is 12.5 Å². The first kappa shape index (κ1) is 80.1. The highest BCUT2D eigenvalue weighted by Crippen LogP contribution is 2.20. The van der Waals surface area contributed by atoms with Crippen molar-refractivity contribution >= 4 is 5.91 Å². The van der Waals surface area contributed by atoms with Gasteiger partial charge in [-0.15, -0.1) is 0 Å². The van der Waals surface area contributed by atoms with Crippen molar-refractivity contribution in [3.63, 3.8) is 0 Å². The second-order valence-electron chi connectivity index (χ2n) is 25.7. The number of rotatable bonds is 70. The molecule has 0 bridgehead atoms. The lowest BCUT2D eigenvalue weighted by Crippen LogP contribution is -2.45. The molecule has 0 spiro atoms. The van der Waals surface area contributed by atoms with Gasteiger partial charge in [-0.3, -0.25) is 4.79 Å². The first-order valence-corrected chi connectivity index (χ1v) is 37.5. The fourth-order valence-electron chi connectivity index (χ4n) is 11.9. The Hall–Kier alpha value is -1.91. The second-order valence-corrected chi connectivity index (χ2v) is 25.7. The zero-order valence-corrected chi connectivity index (χ0v) is 55.8. The van der Waals surface area contributed by atoms with Gasteiger partial charge in [0.1, 0.15) is 0 Å². The summed E-state index contributed by atoms with van der Waals surface area (Å²) in [6.45, 7) is 4.29. The highest BCUT2D eigenvalue weighted by atomic mass is 16.3. The number of unbranched alkanes of at least 4 members (excludes halogenated alkanes) is 53. The van der Waals surface area contributed by atoms with Crippen LogP contribution < -0.4 is 5.32 Å². The third kappa shape index (κ3) is 68.9. The molecule has 0 heterocycles. The quantitative estimate of drug-likeness (QED) is 0.0420. The molecular weight excluding hydrogens is 999 g/mol. The van der Waals surface area contributed by atoms with Crippen molar-refractivity contribution in [2.45, 2.75) is 424 Å². The Morgan fingerprint density at radius 3 is 0.805 bits per heavy atom. The molecule has 0 aliphatic heterocycles. The van der Waals surface area contributed by atoms with Crippen LogP contribution in [0.4, 0.5) is 0 Å². The molecule has 3 N–H and O–H groups in total. The molecule has 4 heteroatoms. The lowest BCUT2D eigenvalue weighted by molar-refractivity contribution is -0.123. The highest BCUT2D eigenvalue weighted by Gasteiger charge is 2.20. The maximum Gasteiger partial charge on any atom is 0.220 e. The zero-order chi connectivity index (χ0) is 59.1. The summed E-state index contributed by atoms with van der Waals surface area (Å²) in [6, 6.07) is -0.538. The number of amides is 1. The lowest BCUT2D eigenvalue weighted by Gasteiger charge is -2.22. The zero-order valence-electron chi connectivity index (χ0n) is 55.8. The van der Waals surface area contributed by atoms with Crippen molar-refractivity contribution in [1.82, 2.24) is 5.32 Å². The average Bonchev–Trinajstić information content (AvgIpc) is 3.50. The van der Waals surface area contributed by atoms with Gasteiger partial charge in [-0.25, -0.2) is 0 Å². The fourth-order valence-corrected chi connectivity index (χ4v) is 11.9. The second kappa shape index (κ2) is 73.3. The van der Waals surface area contributed by atoms with Crippen LogP contribution in [-0.4, -0.2) is 34.9 Å². The Kier molecular flexibility index (Phi) is 71.6. The maximum atomic E-state index is 12.6. The van der Waals surface area contributed by atoms with Gasteiger partial charge in [-0.05, 0) is 57.8 Å². The van der Waals surface area contributed by atoms with Gasteiger partial charge in [0, 0.05) is 6.42 Å². The number of carbonyl (C=O) groups is 1. The molecule has 0 aromatic rings. The predicted octanol–water partition coefficient (Wildman–Crippen LogP) is 25.8. The van der Waals surface area contributed by atoms with E-state index in [1.165, 1.54) is 327 Å². The Labute approximate surface area is 515 Å². The minimum atomic E-state index is -0.661. The van der Waals surface area contributed by atoms with Gasteiger partial charge in [-0.1, -0.05) is 408 Å². The van der Waals surface area contributed by atoms with Gasteiger partial charge in [-0.2, -0.15) is 0 Å². The van der Waals surface area contributed by atoms with E-state index < -0.39 is 12.1 Å². The van der Waals surface area contributed by atoms with Crippen LogP contribution in [-0.2, 0) is 4.79 Å². The molecule has 82 heavy (non-hydrogen) atoms. The normalized spacial score (nSPS) is 13.0. The van der Waals surface area contributed by atoms with E-state index in [4.69, 9.17) is 0 Å². The van der Waals surface area contributed by atoms with Crippen LogP contribution in [0.2, 0.25) is 0 Å². The Morgan fingerprint density at radius 2 is 0.537 bits per heavy atom. The maximum absolute atomic E-state index is 12.6. The van der Waals surface area contributed by atoms with Crippen LogP contribution in [0.1, 0.15) is 412 Å². The van der Waals surface area contributed by atoms with Crippen LogP contribution in [0, 0.1) is 0 Å². The van der Waals surface area contributed by atoms with E-state index >= 15 is 0 Å². The summed E-state index contributed by atoms with van der Waals surface area (Å²) < 4.78 is 0. The topological polar surface area (TPSA) is 69.6 Å². The molecule has 0 rings (SSSR count). The summed E-state index contributed by atoms with van der Waals surface area (Å²) in [5.41, 5.74) is 0. The molecule has 2 atom stereocenters. The molecule has 482 valence electrons. The minimum absolute atomic E-state index is 0.0227. The Bertz CT molecular complexity index is 1350. The highest BCUT2D eigenvalue weighted by molar-refractivity contribution is 5.76. The standard InChI is InChI=1S/C78H147NO3/c1-3-5-7-9-11-13-15-17-19-21-23-25-27-29-31-33-35-36-37-38-39-40-41-42-44-46-48-50-52-54-56-58-60-62-64-66-68-70-72-74-78(82)79-76(75-80)77(81)73-71-69-67-65-63-61-59-57-55-53-51-49-47-45-43-34-32-30-28-26-24-22-20-18-16-14-12-10-8-6-4-2/h5,7,11,13,17,19,23,25,29,31,76-77,80-81H,3-4,6,8-10,12,14-16,18,20-22,24,26-28,30,32-75H2,1-2H3,(H,79,82)/b7-5-,13-11-,19-17-,25-23-,31-29-. The molecule has 0 fully saturated rings. The van der Waals surface area contributed by atoms with Gasteiger partial charge in [0.15, 0.2) is 0 Å². The molecule has 4 nitrogen and oxygen atoms in total. The van der Waals surface area contributed by atoms with E-state index in [0.29, 0.717) is 12.8 Å². The number of hydrogen-bond acceptors (Lipinski definition) is 3. The van der Waals surface area contributed by atoms with E-state index in [1.807, 2.05) is 0 Å². The van der Waals surface area contributed by atoms with Gasteiger partial charge >= 0.3 is 0 Å². The number of allylic oxidation sites excluding steroid dienone is 10. The molecule has 1 amide bonds. The van der Waals surface area contributed by atoms with E-state index in [0.717, 1.165) is 57.8 Å². The van der Waals surface area contributed by atoms with Gasteiger partial charge < -0.3 is 15.5 Å². The number of aliphatic hydroxyl groups excluding tert-OH is 2. The first-order chi connectivity index (χ1) is 40.7. The molecule has 0 aliphatic rings. The van der Waals surface area contributed by atoms with Crippen molar-refractivity contribution in [2.75, 3.05) is 6.61 Å². The van der Waals surface area contributed by atoms with Crippen LogP contribution in [0.3, 0.4) is 0 Å². The average molecular weight is 1150 g/mol. The van der Waals surface area contributed by atoms with Crippen LogP contribution >= 0.6 is 0 Å². The number of nitrogens with one attached hydrogen (secondary N) is 1. The number of aliphatic hydroxyl groups is 2. The molecule has 0 saturated carbocycles. The molecule has 0 radical (unpaired) electrons. The van der Waals surface area contributed by atoms with E-state index in [2.05, 4.69) is 79.9 Å². The number of carbonyl (C=O) groups excluding carboxylic acids is 1. The van der Waals surface area contributed by atoms with Gasteiger partial charge in [0.05, 0.1) is 18.8 Å². The number of hydrogen-bond donors (Lipinski definition) is 3. The minimum Gasteiger partial charge on any atom is -0.394 e. The van der Waals surface area contributed by atoms with Crippen LogP contribution in [0.15, 0.2) is 60.8 Å². The molecule has 0 aromatic carbocycles. The van der Waals surface area contributed by atoms with Crippen LogP contribution in [0.5, 0.6) is 0 Å². The molecule has 0 aliphatic carbocycles. The SMILES string of the molecule is CC/C=C\C/C=C\C/C=C\C/C=C\C/C=C\CCCCCCCCCCCCCCCCCCCCCCCCCC(=O)NC(CO)C(O)CCCCCCCCCCCCCCCCCCCCCCCCCCCCCCCCC. The summed E-state index contributed by atoms with van der Waals surface area (Å²) >= 11 is 0. The van der Waals surface area contributed by atoms with Crippen LogP contribution in [0.25, 0.3) is 0 Å². The molecular formula is C78H147NO3. The van der Waals surface area contributed by atoms with E-state index in [9.17, 15) is 15.0 Å². The van der Waals surface area contributed by atoms with E-state index in [1.54, 1.807) is 0 Å². The molecule has 2 unspecified atom stereocenters. The lowest BCUT2D eigenvalue weighted by atomic mass is 10.0. The van der Waals surface area contributed by atoms with Crippen molar-refractivity contribution in [3.8, 4) is 0 Å². The molecule has 0 aromatic heterocycles. The van der Waals surface area contributed by atoms with Crippen molar-refractivity contribution in [3.05, 3.63) is 60.8 Å². The summed E-state index contributed by atoms with van der Waals surface area (Å²) in [6.07, 6.45) is 105. The monoisotopic (exact) mass is 1150 g/mol. The third-order valence-corrected chi connectivity index (χ3v) is 17.5.